The Morgan fingerprint density at radius 1 is 1.30 bits per heavy atom. The summed E-state index contributed by atoms with van der Waals surface area (Å²) in [6.45, 7) is 3.72. The summed E-state index contributed by atoms with van der Waals surface area (Å²) in [6, 6.07) is 7.87. The van der Waals surface area contributed by atoms with E-state index in [-0.39, 0.29) is 5.82 Å². The molecule has 0 aliphatic heterocycles. The molecule has 2 rings (SSSR count). The maximum absolute atomic E-state index is 12.9. The molecule has 3 nitrogen and oxygen atoms in total. The summed E-state index contributed by atoms with van der Waals surface area (Å²) in [6.07, 6.45) is 2.75. The largest absolute Gasteiger partial charge is 0.439 e. The lowest BCUT2D eigenvalue weighted by atomic mass is 10.2. The van der Waals surface area contributed by atoms with Gasteiger partial charge in [0, 0.05) is 22.8 Å². The van der Waals surface area contributed by atoms with Gasteiger partial charge in [-0.3, -0.25) is 0 Å². The van der Waals surface area contributed by atoms with E-state index in [9.17, 15) is 4.39 Å². The van der Waals surface area contributed by atoms with Crippen LogP contribution in [-0.4, -0.2) is 11.5 Å². The third kappa shape index (κ3) is 4.28. The molecular weight excluding hydrogens is 323 g/mol. The lowest BCUT2D eigenvalue weighted by Crippen LogP contribution is -2.14. The molecule has 1 aromatic heterocycles. The van der Waals surface area contributed by atoms with Crippen LogP contribution < -0.4 is 10.1 Å². The van der Waals surface area contributed by atoms with E-state index in [0.29, 0.717) is 18.2 Å². The number of aromatic nitrogens is 1. The van der Waals surface area contributed by atoms with Crippen LogP contribution in [0.5, 0.6) is 11.6 Å². The molecular formula is C15H16BrFN2O. The van der Waals surface area contributed by atoms with E-state index in [1.807, 2.05) is 6.07 Å². The molecule has 0 aliphatic carbocycles. The molecule has 0 unspecified atom stereocenters. The van der Waals surface area contributed by atoms with Crippen LogP contribution in [-0.2, 0) is 6.54 Å². The molecule has 1 N–H and O–H groups in total. The minimum absolute atomic E-state index is 0.286. The smallest absolute Gasteiger partial charge is 0.223 e. The average molecular weight is 339 g/mol. The molecule has 0 saturated heterocycles. The Bertz CT molecular complexity index is 560. The molecule has 0 bridgehead atoms. The van der Waals surface area contributed by atoms with Crippen LogP contribution in [0, 0.1) is 5.82 Å². The van der Waals surface area contributed by atoms with Crippen LogP contribution in [0.3, 0.4) is 0 Å². The highest BCUT2D eigenvalue weighted by Gasteiger charge is 2.07. The molecule has 0 amide bonds. The first kappa shape index (κ1) is 14.9. The van der Waals surface area contributed by atoms with E-state index in [2.05, 4.69) is 33.2 Å². The van der Waals surface area contributed by atoms with Crippen LogP contribution in [0.25, 0.3) is 0 Å². The standard InChI is InChI=1S/C15H16BrFN2O/c1-2-7-18-9-11-8-12(16)10-19-15(11)20-14-5-3-13(17)4-6-14/h3-6,8,10,18H,2,7,9H2,1H3. The Morgan fingerprint density at radius 3 is 2.75 bits per heavy atom. The van der Waals surface area contributed by atoms with Gasteiger partial charge in [-0.15, -0.1) is 0 Å². The summed E-state index contributed by atoms with van der Waals surface area (Å²) in [5, 5.41) is 3.31. The number of nitrogens with zero attached hydrogens (tertiary/aromatic N) is 1. The summed E-state index contributed by atoms with van der Waals surface area (Å²) in [4.78, 5) is 4.27. The van der Waals surface area contributed by atoms with Gasteiger partial charge in [-0.1, -0.05) is 6.92 Å². The van der Waals surface area contributed by atoms with Crippen molar-refractivity contribution in [3.8, 4) is 11.6 Å². The molecule has 0 aliphatic rings. The first-order valence-electron chi connectivity index (χ1n) is 6.47. The van der Waals surface area contributed by atoms with Gasteiger partial charge in [0.25, 0.3) is 0 Å². The molecule has 1 heterocycles. The Morgan fingerprint density at radius 2 is 2.05 bits per heavy atom. The van der Waals surface area contributed by atoms with Crippen LogP contribution >= 0.6 is 15.9 Å². The predicted molar refractivity (Wildman–Crippen MR) is 80.4 cm³/mol. The third-order valence-electron chi connectivity index (χ3n) is 2.66. The van der Waals surface area contributed by atoms with E-state index in [1.165, 1.54) is 12.1 Å². The first-order chi connectivity index (χ1) is 9.69. The normalized spacial score (nSPS) is 10.6. The fraction of sp³-hybridized carbons (Fsp3) is 0.267. The van der Waals surface area contributed by atoms with Gasteiger partial charge in [-0.05, 0) is 59.2 Å². The number of hydrogen-bond acceptors (Lipinski definition) is 3. The van der Waals surface area contributed by atoms with Gasteiger partial charge in [-0.2, -0.15) is 0 Å². The van der Waals surface area contributed by atoms with Crippen LogP contribution in [0.4, 0.5) is 4.39 Å². The highest BCUT2D eigenvalue weighted by Crippen LogP contribution is 2.25. The Hall–Kier alpha value is -1.46. The van der Waals surface area contributed by atoms with E-state index in [4.69, 9.17) is 4.74 Å². The monoisotopic (exact) mass is 338 g/mol. The van der Waals surface area contributed by atoms with Gasteiger partial charge in [-0.25, -0.2) is 9.37 Å². The van der Waals surface area contributed by atoms with Crippen molar-refractivity contribution in [2.75, 3.05) is 6.54 Å². The topological polar surface area (TPSA) is 34.2 Å². The summed E-state index contributed by atoms with van der Waals surface area (Å²) in [5.41, 5.74) is 0.956. The predicted octanol–water partition coefficient (Wildman–Crippen LogP) is 4.28. The molecule has 0 atom stereocenters. The van der Waals surface area contributed by atoms with E-state index >= 15 is 0 Å². The van der Waals surface area contributed by atoms with Crippen molar-refractivity contribution >= 4 is 15.9 Å². The number of pyridine rings is 1. The molecule has 106 valence electrons. The zero-order valence-electron chi connectivity index (χ0n) is 11.2. The third-order valence-corrected chi connectivity index (χ3v) is 3.10. The molecule has 0 spiro atoms. The fourth-order valence-electron chi connectivity index (χ4n) is 1.70. The van der Waals surface area contributed by atoms with Gasteiger partial charge in [0.15, 0.2) is 0 Å². The van der Waals surface area contributed by atoms with Crippen molar-refractivity contribution in [1.82, 2.24) is 10.3 Å². The van der Waals surface area contributed by atoms with Crippen molar-refractivity contribution < 1.29 is 9.13 Å². The molecule has 1 aromatic carbocycles. The second-order valence-corrected chi connectivity index (χ2v) is 5.27. The Balaban J connectivity index is 2.15. The van der Waals surface area contributed by atoms with Crippen molar-refractivity contribution in [2.24, 2.45) is 0 Å². The summed E-state index contributed by atoms with van der Waals surface area (Å²) >= 11 is 3.40. The van der Waals surface area contributed by atoms with E-state index in [1.54, 1.807) is 18.3 Å². The maximum Gasteiger partial charge on any atom is 0.223 e. The van der Waals surface area contributed by atoms with Crippen LogP contribution in [0.15, 0.2) is 41.0 Å². The SMILES string of the molecule is CCCNCc1cc(Br)cnc1Oc1ccc(F)cc1. The van der Waals surface area contributed by atoms with Gasteiger partial charge in [0.1, 0.15) is 11.6 Å². The summed E-state index contributed by atoms with van der Waals surface area (Å²) < 4.78 is 19.5. The minimum atomic E-state index is -0.286. The number of halogens is 2. The zero-order chi connectivity index (χ0) is 14.4. The molecule has 0 saturated carbocycles. The highest BCUT2D eigenvalue weighted by atomic mass is 79.9. The summed E-state index contributed by atoms with van der Waals surface area (Å²) in [5.74, 6) is 0.812. The van der Waals surface area contributed by atoms with Crippen molar-refractivity contribution in [2.45, 2.75) is 19.9 Å². The minimum Gasteiger partial charge on any atom is -0.439 e. The number of rotatable bonds is 6. The van der Waals surface area contributed by atoms with Crippen molar-refractivity contribution in [1.29, 1.82) is 0 Å². The molecule has 2 aromatic rings. The number of hydrogen-bond donors (Lipinski definition) is 1. The lowest BCUT2D eigenvalue weighted by molar-refractivity contribution is 0.451. The molecule has 0 radical (unpaired) electrons. The first-order valence-corrected chi connectivity index (χ1v) is 7.27. The maximum atomic E-state index is 12.9. The Labute approximate surface area is 126 Å². The number of benzene rings is 1. The van der Waals surface area contributed by atoms with E-state index in [0.717, 1.165) is 23.0 Å². The van der Waals surface area contributed by atoms with Crippen LogP contribution in [0.1, 0.15) is 18.9 Å². The van der Waals surface area contributed by atoms with Gasteiger partial charge < -0.3 is 10.1 Å². The fourth-order valence-corrected chi connectivity index (χ4v) is 2.08. The Kier molecular flexibility index (Phi) is 5.49. The number of nitrogens with one attached hydrogen (secondary N) is 1. The quantitative estimate of drug-likeness (QED) is 0.798. The molecule has 0 fully saturated rings. The summed E-state index contributed by atoms with van der Waals surface area (Å²) in [7, 11) is 0. The second-order valence-electron chi connectivity index (χ2n) is 4.35. The molecule has 20 heavy (non-hydrogen) atoms. The second kappa shape index (κ2) is 7.36. The van der Waals surface area contributed by atoms with Crippen LogP contribution in [0.2, 0.25) is 0 Å². The van der Waals surface area contributed by atoms with Crippen molar-refractivity contribution in [3.05, 3.63) is 52.4 Å². The average Bonchev–Trinajstić information content (AvgIpc) is 2.44. The van der Waals surface area contributed by atoms with Gasteiger partial charge in [0.2, 0.25) is 5.88 Å². The molecule has 5 heteroatoms. The van der Waals surface area contributed by atoms with Gasteiger partial charge in [0.05, 0.1) is 0 Å². The lowest BCUT2D eigenvalue weighted by Gasteiger charge is -2.11. The van der Waals surface area contributed by atoms with Gasteiger partial charge >= 0.3 is 0 Å². The highest BCUT2D eigenvalue weighted by molar-refractivity contribution is 9.10. The number of ether oxygens (including phenoxy) is 1. The van der Waals surface area contributed by atoms with Crippen molar-refractivity contribution in [3.63, 3.8) is 0 Å². The zero-order valence-corrected chi connectivity index (χ0v) is 12.8. The van der Waals surface area contributed by atoms with E-state index < -0.39 is 0 Å².